The minimum Gasteiger partial charge on any atom is -0.390 e. The molecule has 3 nitrogen and oxygen atoms in total. The van der Waals surface area contributed by atoms with Crippen LogP contribution in [0.4, 0.5) is 13.2 Å². The summed E-state index contributed by atoms with van der Waals surface area (Å²) in [5.41, 5.74) is 0.726. The zero-order valence-corrected chi connectivity index (χ0v) is 9.06. The van der Waals surface area contributed by atoms with Crippen molar-refractivity contribution in [3.63, 3.8) is 0 Å². The quantitative estimate of drug-likeness (QED) is 0.699. The van der Waals surface area contributed by atoms with Crippen LogP contribution in [0.3, 0.4) is 0 Å². The molecule has 6 heteroatoms. The van der Waals surface area contributed by atoms with Crippen molar-refractivity contribution in [1.82, 2.24) is 0 Å². The summed E-state index contributed by atoms with van der Waals surface area (Å²) >= 11 is 0. The molecule has 0 radical (unpaired) electrons. The molecule has 0 aliphatic heterocycles. The Morgan fingerprint density at radius 3 is 2.24 bits per heavy atom. The van der Waals surface area contributed by atoms with E-state index < -0.39 is 24.9 Å². The van der Waals surface area contributed by atoms with E-state index in [4.69, 9.17) is 10.2 Å². The van der Waals surface area contributed by atoms with Gasteiger partial charge in [-0.3, -0.25) is 0 Å². The van der Waals surface area contributed by atoms with Gasteiger partial charge in [0.2, 0.25) is 0 Å². The Kier molecular flexibility index (Phi) is 4.92. The van der Waals surface area contributed by atoms with E-state index in [-0.39, 0.29) is 6.61 Å². The lowest BCUT2D eigenvalue weighted by Crippen LogP contribution is -2.88. The van der Waals surface area contributed by atoms with Crippen LogP contribution < -0.4 is 5.32 Å². The van der Waals surface area contributed by atoms with E-state index in [1.54, 1.807) is 30.3 Å². The van der Waals surface area contributed by atoms with Gasteiger partial charge in [0.1, 0.15) is 12.6 Å². The highest BCUT2D eigenvalue weighted by atomic mass is 19.4. The fourth-order valence-corrected chi connectivity index (χ4v) is 1.44. The van der Waals surface area contributed by atoms with Crippen LogP contribution in [0.1, 0.15) is 11.6 Å². The fraction of sp³-hybridized carbons (Fsp3) is 0.455. The van der Waals surface area contributed by atoms with Gasteiger partial charge in [0.15, 0.2) is 6.10 Å². The molecule has 0 aromatic heterocycles. The second-order valence-corrected chi connectivity index (χ2v) is 3.73. The molecule has 0 saturated carbocycles. The average molecular weight is 250 g/mol. The van der Waals surface area contributed by atoms with Gasteiger partial charge in [-0.2, -0.15) is 13.2 Å². The normalized spacial score (nSPS) is 15.6. The summed E-state index contributed by atoms with van der Waals surface area (Å²) in [5, 5.41) is 19.2. The summed E-state index contributed by atoms with van der Waals surface area (Å²) in [6, 6.07) is 8.21. The number of aliphatic hydroxyl groups excluding tert-OH is 2. The monoisotopic (exact) mass is 250 g/mol. The lowest BCUT2D eigenvalue weighted by molar-refractivity contribution is -0.706. The summed E-state index contributed by atoms with van der Waals surface area (Å²) < 4.78 is 36.2. The van der Waals surface area contributed by atoms with Gasteiger partial charge in [0, 0.05) is 5.56 Å². The maximum absolute atomic E-state index is 12.1. The Morgan fingerprint density at radius 2 is 1.76 bits per heavy atom. The molecular formula is C11H15F3NO2+. The molecule has 0 amide bonds. The predicted octanol–water partition coefficient (Wildman–Crippen LogP) is 0.207. The van der Waals surface area contributed by atoms with Crippen LogP contribution >= 0.6 is 0 Å². The summed E-state index contributed by atoms with van der Waals surface area (Å²) in [6.07, 6.45) is -6.99. The van der Waals surface area contributed by atoms with Crippen molar-refractivity contribution in [3.05, 3.63) is 35.9 Å². The molecule has 0 heterocycles. The van der Waals surface area contributed by atoms with Crippen LogP contribution in [0, 0.1) is 0 Å². The first-order valence-electron chi connectivity index (χ1n) is 5.19. The fourth-order valence-electron chi connectivity index (χ4n) is 1.44. The first-order chi connectivity index (χ1) is 7.95. The standard InChI is InChI=1S/C11H14F3NO2/c12-11(13,14)10(17)6-15-9(7-16)8-4-2-1-3-5-8/h1-5,9-10,15-17H,6-7H2/p+1/t9-,10+/m1/s1. The molecule has 0 unspecified atom stereocenters. The highest BCUT2D eigenvalue weighted by Crippen LogP contribution is 2.18. The van der Waals surface area contributed by atoms with E-state index in [9.17, 15) is 13.2 Å². The largest absolute Gasteiger partial charge is 0.419 e. The molecule has 0 bridgehead atoms. The summed E-state index contributed by atoms with van der Waals surface area (Å²) in [5.74, 6) is 0. The number of halogens is 3. The third kappa shape index (κ3) is 4.33. The number of benzene rings is 1. The van der Waals surface area contributed by atoms with E-state index in [1.807, 2.05) is 0 Å². The maximum Gasteiger partial charge on any atom is 0.419 e. The Hall–Kier alpha value is -1.11. The Morgan fingerprint density at radius 1 is 1.18 bits per heavy atom. The SMILES string of the molecule is OC[C@@H]([NH2+]C[C@H](O)C(F)(F)F)c1ccccc1. The van der Waals surface area contributed by atoms with Gasteiger partial charge >= 0.3 is 6.18 Å². The Balaban J connectivity index is 2.55. The highest BCUT2D eigenvalue weighted by Gasteiger charge is 2.39. The lowest BCUT2D eigenvalue weighted by Gasteiger charge is -2.17. The second kappa shape index (κ2) is 6.00. The van der Waals surface area contributed by atoms with Gasteiger partial charge in [-0.1, -0.05) is 30.3 Å². The molecule has 1 aromatic rings. The van der Waals surface area contributed by atoms with Crippen molar-refractivity contribution in [1.29, 1.82) is 0 Å². The molecule has 0 aliphatic rings. The molecule has 17 heavy (non-hydrogen) atoms. The van der Waals surface area contributed by atoms with Gasteiger partial charge in [-0.05, 0) is 0 Å². The van der Waals surface area contributed by atoms with Crippen LogP contribution in [-0.4, -0.2) is 35.6 Å². The van der Waals surface area contributed by atoms with Gasteiger partial charge < -0.3 is 15.5 Å². The van der Waals surface area contributed by atoms with Crippen LogP contribution in [0.5, 0.6) is 0 Å². The summed E-state index contributed by atoms with van der Waals surface area (Å²) in [7, 11) is 0. The average Bonchev–Trinajstić information content (AvgIpc) is 2.29. The molecule has 0 aliphatic carbocycles. The molecule has 0 saturated heterocycles. The van der Waals surface area contributed by atoms with Crippen LogP contribution in [0.2, 0.25) is 0 Å². The van der Waals surface area contributed by atoms with E-state index >= 15 is 0 Å². The molecule has 0 fully saturated rings. The van der Waals surface area contributed by atoms with Crippen molar-refractivity contribution in [3.8, 4) is 0 Å². The van der Waals surface area contributed by atoms with Crippen LogP contribution in [0.25, 0.3) is 0 Å². The van der Waals surface area contributed by atoms with E-state index in [2.05, 4.69) is 0 Å². The van der Waals surface area contributed by atoms with E-state index in [0.717, 1.165) is 5.56 Å². The van der Waals surface area contributed by atoms with Crippen LogP contribution in [-0.2, 0) is 0 Å². The summed E-state index contributed by atoms with van der Waals surface area (Å²) in [4.78, 5) is 0. The third-order valence-electron chi connectivity index (χ3n) is 2.45. The minimum absolute atomic E-state index is 0.283. The molecular weight excluding hydrogens is 235 g/mol. The van der Waals surface area contributed by atoms with Gasteiger partial charge in [0.25, 0.3) is 0 Å². The van der Waals surface area contributed by atoms with Gasteiger partial charge in [0.05, 0.1) is 6.61 Å². The Labute approximate surface area is 96.9 Å². The zero-order valence-electron chi connectivity index (χ0n) is 9.06. The third-order valence-corrected chi connectivity index (χ3v) is 2.45. The van der Waals surface area contributed by atoms with Crippen LogP contribution in [0.15, 0.2) is 30.3 Å². The number of rotatable bonds is 5. The number of hydrogen-bond acceptors (Lipinski definition) is 2. The van der Waals surface area contributed by atoms with E-state index in [0.29, 0.717) is 0 Å². The lowest BCUT2D eigenvalue weighted by atomic mass is 10.1. The van der Waals surface area contributed by atoms with E-state index in [1.165, 1.54) is 5.32 Å². The van der Waals surface area contributed by atoms with Crippen molar-refractivity contribution in [2.24, 2.45) is 0 Å². The van der Waals surface area contributed by atoms with Crippen molar-refractivity contribution >= 4 is 0 Å². The highest BCUT2D eigenvalue weighted by molar-refractivity contribution is 5.16. The molecule has 1 rings (SSSR count). The minimum atomic E-state index is -4.62. The first kappa shape index (κ1) is 14.0. The number of alkyl halides is 3. The molecule has 0 spiro atoms. The second-order valence-electron chi connectivity index (χ2n) is 3.73. The van der Waals surface area contributed by atoms with Crippen molar-refractivity contribution < 1.29 is 28.7 Å². The molecule has 4 N–H and O–H groups in total. The first-order valence-corrected chi connectivity index (χ1v) is 5.19. The number of quaternary nitrogens is 1. The van der Waals surface area contributed by atoms with Gasteiger partial charge in [-0.25, -0.2) is 0 Å². The van der Waals surface area contributed by atoms with Crippen molar-refractivity contribution in [2.75, 3.05) is 13.2 Å². The smallest absolute Gasteiger partial charge is 0.390 e. The molecule has 2 atom stereocenters. The number of nitrogens with two attached hydrogens (primary N) is 1. The van der Waals surface area contributed by atoms with Crippen molar-refractivity contribution in [2.45, 2.75) is 18.3 Å². The topological polar surface area (TPSA) is 57.1 Å². The maximum atomic E-state index is 12.1. The predicted molar refractivity (Wildman–Crippen MR) is 55.1 cm³/mol. The number of aliphatic hydroxyl groups is 2. The molecule has 1 aromatic carbocycles. The Bertz CT molecular complexity index is 329. The summed E-state index contributed by atoms with van der Waals surface area (Å²) in [6.45, 7) is -0.807. The van der Waals surface area contributed by atoms with Gasteiger partial charge in [-0.15, -0.1) is 0 Å². The zero-order chi connectivity index (χ0) is 12.9. The molecule has 96 valence electrons. The number of hydrogen-bond donors (Lipinski definition) is 3.